The summed E-state index contributed by atoms with van der Waals surface area (Å²) in [6, 6.07) is 3.57. The molecule has 0 spiro atoms. The van der Waals surface area contributed by atoms with Gasteiger partial charge in [0.05, 0.1) is 19.5 Å². The number of likely N-dealkylation sites (tertiary alicyclic amines) is 1. The molecule has 0 aliphatic carbocycles. The largest absolute Gasteiger partial charge is 0.508 e. The first kappa shape index (κ1) is 50.9. The molecule has 12 N–H and O–H groups in total. The number of phenols is 2. The Morgan fingerprint density at radius 3 is 1.76 bits per heavy atom. The number of nitrogens with one attached hydrogen (secondary N) is 6. The molecular weight excluding hydrogens is 845 g/mol. The lowest BCUT2D eigenvalue weighted by atomic mass is 10.0. The standard InChI is InChI=1S/C41H56N8O13S/c1-22(2)35(41(61)62)48-39(59)30(19-34(54)55)46-37(57)27(14-16-63-3)44-32(52)21-43-36(56)28(17-23-6-10-25(50)11-7-23)45-38(58)29(18-24-8-12-26(51)13-9-24)47-40(60)31-5-4-15-49(31)33(53)20-42/h6-13,22,27-31,35,50-51H,4-5,14-21,42H2,1-3H3,(H,43,56)(H,44,52)(H,45,58)(H,46,57)(H,47,60)(H,48,59)(H,54,55)(H,61,62)/t27-,28-,29-,30-,31-,35-/m0/s1. The number of hydrogen-bond acceptors (Lipinski definition) is 13. The molecule has 1 fully saturated rings. The molecule has 0 bridgehead atoms. The third-order valence-corrected chi connectivity index (χ3v) is 10.6. The van der Waals surface area contributed by atoms with E-state index in [2.05, 4.69) is 31.9 Å². The smallest absolute Gasteiger partial charge is 0.326 e. The lowest BCUT2D eigenvalue weighted by Crippen LogP contribution is -2.58. The molecule has 0 aromatic heterocycles. The van der Waals surface area contributed by atoms with E-state index in [1.54, 1.807) is 6.26 Å². The van der Waals surface area contributed by atoms with Crippen molar-refractivity contribution >= 4 is 65.1 Å². The first-order valence-corrected chi connectivity index (χ1v) is 21.5. The van der Waals surface area contributed by atoms with Gasteiger partial charge in [0.25, 0.3) is 0 Å². The van der Waals surface area contributed by atoms with Gasteiger partial charge in [0.1, 0.15) is 47.8 Å². The fourth-order valence-corrected chi connectivity index (χ4v) is 7.08. The number of thioether (sulfide) groups is 1. The summed E-state index contributed by atoms with van der Waals surface area (Å²) >= 11 is 1.32. The van der Waals surface area contributed by atoms with Gasteiger partial charge in [-0.3, -0.25) is 38.4 Å². The van der Waals surface area contributed by atoms with Crippen LogP contribution in [-0.4, -0.2) is 147 Å². The average Bonchev–Trinajstić information content (AvgIpc) is 3.74. The second-order valence-corrected chi connectivity index (χ2v) is 16.1. The third-order valence-electron chi connectivity index (χ3n) is 10.00. The summed E-state index contributed by atoms with van der Waals surface area (Å²) in [6.45, 7) is 2.30. The van der Waals surface area contributed by atoms with E-state index < -0.39 is 108 Å². The molecule has 1 aliphatic rings. The third kappa shape index (κ3) is 16.4. The SMILES string of the molecule is CSCC[C@H](NC(=O)CNC(=O)[C@H](Cc1ccc(O)cc1)NC(=O)[C@H](Cc1ccc(O)cc1)NC(=O)[C@@H]1CCCN1C(=O)CN)C(=O)N[C@@H](CC(=O)O)C(=O)N[C@H](C(=O)O)C(C)C. The summed E-state index contributed by atoms with van der Waals surface area (Å²) < 4.78 is 0. The quantitative estimate of drug-likeness (QED) is 0.0562. The minimum absolute atomic E-state index is 0.00448. The molecule has 7 amide bonds. The number of nitrogens with two attached hydrogens (primary N) is 1. The minimum Gasteiger partial charge on any atom is -0.508 e. The monoisotopic (exact) mass is 900 g/mol. The van der Waals surface area contributed by atoms with Crippen molar-refractivity contribution < 1.29 is 63.6 Å². The number of phenolic OH excluding ortho intramolecular Hbond substituents is 2. The van der Waals surface area contributed by atoms with E-state index in [0.717, 1.165) is 0 Å². The highest BCUT2D eigenvalue weighted by Gasteiger charge is 2.37. The fraction of sp³-hybridized carbons (Fsp3) is 0.488. The first-order chi connectivity index (χ1) is 29.8. The van der Waals surface area contributed by atoms with Gasteiger partial charge in [0.15, 0.2) is 0 Å². The number of carboxylic acids is 2. The van der Waals surface area contributed by atoms with Crippen LogP contribution < -0.4 is 37.6 Å². The Bertz CT molecular complexity index is 1950. The molecule has 0 saturated carbocycles. The first-order valence-electron chi connectivity index (χ1n) is 20.1. The summed E-state index contributed by atoms with van der Waals surface area (Å²) in [5, 5.41) is 53.3. The Kier molecular flexibility index (Phi) is 20.1. The normalized spacial score (nSPS) is 15.8. The second kappa shape index (κ2) is 24.9. The Labute approximate surface area is 367 Å². The predicted octanol–water partition coefficient (Wildman–Crippen LogP) is -1.66. The molecule has 6 atom stereocenters. The van der Waals surface area contributed by atoms with E-state index in [0.29, 0.717) is 36.3 Å². The van der Waals surface area contributed by atoms with Crippen LogP contribution in [0.5, 0.6) is 11.5 Å². The van der Waals surface area contributed by atoms with Gasteiger partial charge in [-0.2, -0.15) is 11.8 Å². The summed E-state index contributed by atoms with van der Waals surface area (Å²) in [5.74, 6) is -8.86. The van der Waals surface area contributed by atoms with E-state index in [9.17, 15) is 63.6 Å². The van der Waals surface area contributed by atoms with Crippen LogP contribution in [-0.2, 0) is 56.0 Å². The van der Waals surface area contributed by atoms with Gasteiger partial charge in [-0.1, -0.05) is 38.1 Å². The summed E-state index contributed by atoms with van der Waals surface area (Å²) in [7, 11) is 0. The van der Waals surface area contributed by atoms with Crippen molar-refractivity contribution in [3.05, 3.63) is 59.7 Å². The van der Waals surface area contributed by atoms with Crippen LogP contribution in [0.1, 0.15) is 50.7 Å². The summed E-state index contributed by atoms with van der Waals surface area (Å²) in [4.78, 5) is 118. The molecule has 2 aromatic rings. The number of nitrogens with zero attached hydrogens (tertiary/aromatic N) is 1. The van der Waals surface area contributed by atoms with Crippen molar-refractivity contribution in [2.24, 2.45) is 11.7 Å². The fourth-order valence-electron chi connectivity index (χ4n) is 6.61. The Morgan fingerprint density at radius 1 is 0.730 bits per heavy atom. The van der Waals surface area contributed by atoms with Gasteiger partial charge >= 0.3 is 11.9 Å². The van der Waals surface area contributed by atoms with Crippen LogP contribution in [0.4, 0.5) is 0 Å². The maximum Gasteiger partial charge on any atom is 0.326 e. The minimum atomic E-state index is -1.71. The van der Waals surface area contributed by atoms with E-state index in [1.165, 1.54) is 79.0 Å². The Hall–Kier alpha value is -6.42. The highest BCUT2D eigenvalue weighted by atomic mass is 32.2. The number of amides is 7. The van der Waals surface area contributed by atoms with Gasteiger partial charge < -0.3 is 63.0 Å². The van der Waals surface area contributed by atoms with Crippen LogP contribution in [0.25, 0.3) is 0 Å². The lowest BCUT2D eigenvalue weighted by Gasteiger charge is -2.27. The van der Waals surface area contributed by atoms with E-state index in [1.807, 2.05) is 0 Å². The number of rotatable bonds is 24. The molecule has 2 aromatic carbocycles. The number of carboxylic acid groups (broad SMARTS) is 2. The summed E-state index contributed by atoms with van der Waals surface area (Å²) in [5.41, 5.74) is 6.56. The van der Waals surface area contributed by atoms with Crippen LogP contribution >= 0.6 is 11.8 Å². The van der Waals surface area contributed by atoms with E-state index >= 15 is 0 Å². The van der Waals surface area contributed by atoms with Crippen molar-refractivity contribution in [1.82, 2.24) is 36.8 Å². The molecule has 22 heteroatoms. The highest BCUT2D eigenvalue weighted by Crippen LogP contribution is 2.19. The Morgan fingerprint density at radius 2 is 1.25 bits per heavy atom. The number of carbonyl (C=O) groups excluding carboxylic acids is 7. The van der Waals surface area contributed by atoms with Crippen molar-refractivity contribution in [1.29, 1.82) is 0 Å². The van der Waals surface area contributed by atoms with Gasteiger partial charge in [0.2, 0.25) is 41.4 Å². The maximum absolute atomic E-state index is 14.1. The molecule has 1 aliphatic heterocycles. The van der Waals surface area contributed by atoms with Crippen LogP contribution in [0.15, 0.2) is 48.5 Å². The average molecular weight is 901 g/mol. The van der Waals surface area contributed by atoms with Gasteiger partial charge in [-0.15, -0.1) is 0 Å². The van der Waals surface area contributed by atoms with E-state index in [-0.39, 0.29) is 37.3 Å². The zero-order valence-electron chi connectivity index (χ0n) is 35.1. The van der Waals surface area contributed by atoms with Crippen LogP contribution in [0, 0.1) is 5.92 Å². The molecule has 3 rings (SSSR count). The number of aromatic hydroxyl groups is 2. The number of aliphatic carboxylic acids is 2. The molecule has 0 unspecified atom stereocenters. The Balaban J connectivity index is 1.81. The molecule has 1 saturated heterocycles. The maximum atomic E-state index is 14.1. The molecule has 63 heavy (non-hydrogen) atoms. The highest BCUT2D eigenvalue weighted by molar-refractivity contribution is 7.98. The van der Waals surface area contributed by atoms with Crippen LogP contribution in [0.3, 0.4) is 0 Å². The topological polar surface area (TPSA) is 336 Å². The molecular formula is C41H56N8O13S. The second-order valence-electron chi connectivity index (χ2n) is 15.2. The van der Waals surface area contributed by atoms with Crippen LogP contribution in [0.2, 0.25) is 0 Å². The molecule has 1 heterocycles. The zero-order valence-corrected chi connectivity index (χ0v) is 35.9. The zero-order chi connectivity index (χ0) is 46.8. The van der Waals surface area contributed by atoms with Crippen molar-refractivity contribution in [2.45, 2.75) is 88.6 Å². The predicted molar refractivity (Wildman–Crippen MR) is 228 cm³/mol. The van der Waals surface area contributed by atoms with Gasteiger partial charge in [-0.05, 0) is 72.6 Å². The summed E-state index contributed by atoms with van der Waals surface area (Å²) in [6.07, 6.45) is 1.42. The van der Waals surface area contributed by atoms with Crippen molar-refractivity contribution in [2.75, 3.05) is 31.6 Å². The van der Waals surface area contributed by atoms with Crippen molar-refractivity contribution in [3.8, 4) is 11.5 Å². The van der Waals surface area contributed by atoms with Gasteiger partial charge in [0, 0.05) is 19.4 Å². The molecule has 21 nitrogen and oxygen atoms in total. The number of benzene rings is 2. The number of carbonyl (C=O) groups is 9. The molecule has 344 valence electrons. The number of hydrogen-bond donors (Lipinski definition) is 11. The van der Waals surface area contributed by atoms with Gasteiger partial charge in [-0.25, -0.2) is 4.79 Å². The molecule has 0 radical (unpaired) electrons. The lowest BCUT2D eigenvalue weighted by molar-refractivity contribution is -0.144. The van der Waals surface area contributed by atoms with Crippen molar-refractivity contribution in [3.63, 3.8) is 0 Å². The van der Waals surface area contributed by atoms with E-state index in [4.69, 9.17) is 5.73 Å².